The number of benzene rings is 2. The van der Waals surface area contributed by atoms with Crippen LogP contribution in [0.15, 0.2) is 48.8 Å². The largest absolute Gasteiger partial charge is 0.465 e. The van der Waals surface area contributed by atoms with E-state index in [-0.39, 0.29) is 5.91 Å². The van der Waals surface area contributed by atoms with Crippen LogP contribution in [0.3, 0.4) is 0 Å². The van der Waals surface area contributed by atoms with Gasteiger partial charge < -0.3 is 10.0 Å². The number of nitrogens with one attached hydrogen (secondary N) is 1. The number of amides is 2. The highest BCUT2D eigenvalue weighted by atomic mass is 16.4. The number of rotatable bonds is 3. The molecule has 1 fully saturated rings. The van der Waals surface area contributed by atoms with E-state index >= 15 is 0 Å². The van der Waals surface area contributed by atoms with Crippen LogP contribution < -0.4 is 4.90 Å². The fraction of sp³-hybridized carbons (Fsp3) is 0.273. The summed E-state index contributed by atoms with van der Waals surface area (Å²) in [5.74, 6) is 0.477. The lowest BCUT2D eigenvalue weighted by Crippen LogP contribution is -2.47. The first-order chi connectivity index (χ1) is 14.6. The van der Waals surface area contributed by atoms with Crippen molar-refractivity contribution in [3.8, 4) is 22.5 Å². The number of fused-ring (bicyclic) bond motifs is 1. The van der Waals surface area contributed by atoms with Crippen molar-refractivity contribution < 1.29 is 14.7 Å². The molecule has 0 spiro atoms. The molecule has 2 aromatic carbocycles. The van der Waals surface area contributed by atoms with Gasteiger partial charge in [0.05, 0.1) is 0 Å². The maximum absolute atomic E-state index is 13.4. The Kier molecular flexibility index (Phi) is 4.46. The average molecular weight is 403 g/mol. The van der Waals surface area contributed by atoms with Crippen LogP contribution in [0.25, 0.3) is 22.5 Å². The van der Waals surface area contributed by atoms with Gasteiger partial charge >= 0.3 is 6.09 Å². The molecule has 8 heteroatoms. The molecule has 0 radical (unpaired) electrons. The van der Waals surface area contributed by atoms with Crippen LogP contribution in [-0.4, -0.2) is 56.3 Å². The van der Waals surface area contributed by atoms with E-state index in [2.05, 4.69) is 21.2 Å². The molecule has 0 saturated carbocycles. The number of anilines is 1. The summed E-state index contributed by atoms with van der Waals surface area (Å²) in [4.78, 5) is 32.2. The van der Waals surface area contributed by atoms with Gasteiger partial charge in [0.15, 0.2) is 5.82 Å². The Labute approximate surface area is 173 Å². The van der Waals surface area contributed by atoms with E-state index in [9.17, 15) is 14.7 Å². The van der Waals surface area contributed by atoms with Crippen molar-refractivity contribution in [2.45, 2.75) is 25.3 Å². The second-order valence-electron chi connectivity index (χ2n) is 7.60. The molecule has 8 nitrogen and oxygen atoms in total. The zero-order valence-corrected chi connectivity index (χ0v) is 16.3. The Bertz CT molecular complexity index is 1100. The summed E-state index contributed by atoms with van der Waals surface area (Å²) in [6.07, 6.45) is 2.41. The minimum absolute atomic E-state index is 0.151. The molecule has 1 saturated heterocycles. The third kappa shape index (κ3) is 3.01. The van der Waals surface area contributed by atoms with Crippen LogP contribution >= 0.6 is 0 Å². The lowest BCUT2D eigenvalue weighted by atomic mass is 9.95. The van der Waals surface area contributed by atoms with Gasteiger partial charge in [-0.25, -0.2) is 9.78 Å². The Balaban J connectivity index is 1.60. The van der Waals surface area contributed by atoms with Gasteiger partial charge in [-0.05, 0) is 48.1 Å². The Morgan fingerprint density at radius 3 is 2.67 bits per heavy atom. The molecule has 5 rings (SSSR count). The minimum atomic E-state index is -1.04. The third-order valence-corrected chi connectivity index (χ3v) is 5.93. The minimum Gasteiger partial charge on any atom is -0.465 e. The number of carbonyl (C=O) groups is 2. The molecular formula is C22H21N5O3. The maximum Gasteiger partial charge on any atom is 0.407 e. The number of H-pyrrole nitrogens is 1. The van der Waals surface area contributed by atoms with E-state index in [1.807, 2.05) is 36.4 Å². The fourth-order valence-electron chi connectivity index (χ4n) is 4.52. The highest BCUT2D eigenvalue weighted by Crippen LogP contribution is 2.40. The Morgan fingerprint density at radius 1 is 1.10 bits per heavy atom. The topological polar surface area (TPSA) is 102 Å². The van der Waals surface area contributed by atoms with Crippen LogP contribution in [0.5, 0.6) is 0 Å². The number of carbonyl (C=O) groups excluding carboxylic acids is 1. The van der Waals surface area contributed by atoms with Crippen molar-refractivity contribution in [2.24, 2.45) is 0 Å². The van der Waals surface area contributed by atoms with Crippen molar-refractivity contribution in [3.05, 3.63) is 54.4 Å². The van der Waals surface area contributed by atoms with Gasteiger partial charge in [-0.3, -0.25) is 14.8 Å². The smallest absolute Gasteiger partial charge is 0.407 e. The summed E-state index contributed by atoms with van der Waals surface area (Å²) in [7, 11) is 0. The van der Waals surface area contributed by atoms with Crippen LogP contribution in [0.2, 0.25) is 0 Å². The molecule has 2 amide bonds. The maximum atomic E-state index is 13.4. The first kappa shape index (κ1) is 18.4. The van der Waals surface area contributed by atoms with Crippen molar-refractivity contribution in [3.63, 3.8) is 0 Å². The first-order valence-electron chi connectivity index (χ1n) is 10.0. The van der Waals surface area contributed by atoms with Crippen LogP contribution in [0, 0.1) is 0 Å². The van der Waals surface area contributed by atoms with Crippen LogP contribution in [0.4, 0.5) is 10.5 Å². The summed E-state index contributed by atoms with van der Waals surface area (Å²) in [6, 6.07) is 13.5. The SMILES string of the molecule is O=C([C@@H]1CCCN1C(=O)O)N1CCc2c(-c3ccccc3)cc(-c3ncn[nH]3)cc21. The quantitative estimate of drug-likeness (QED) is 0.699. The molecule has 2 N–H and O–H groups in total. The number of nitrogens with zero attached hydrogens (tertiary/aromatic N) is 4. The second kappa shape index (κ2) is 7.29. The normalized spacial score (nSPS) is 17.9. The van der Waals surface area contributed by atoms with Gasteiger partial charge in [-0.15, -0.1) is 0 Å². The summed E-state index contributed by atoms with van der Waals surface area (Å²) in [5, 5.41) is 16.3. The highest BCUT2D eigenvalue weighted by Gasteiger charge is 2.39. The molecule has 0 bridgehead atoms. The monoisotopic (exact) mass is 403 g/mol. The molecule has 1 aromatic heterocycles. The summed E-state index contributed by atoms with van der Waals surface area (Å²) < 4.78 is 0. The van der Waals surface area contributed by atoms with Crippen molar-refractivity contribution in [2.75, 3.05) is 18.0 Å². The van der Waals surface area contributed by atoms with Gasteiger partial charge in [0.2, 0.25) is 5.91 Å². The number of hydrogen-bond donors (Lipinski definition) is 2. The molecule has 3 heterocycles. The molecule has 0 aliphatic carbocycles. The van der Waals surface area contributed by atoms with Gasteiger partial charge in [0.25, 0.3) is 0 Å². The standard InChI is InChI=1S/C22H21N5O3/c28-21(18-7-4-9-27(18)22(29)30)26-10-8-16-17(14-5-2-1-3-6-14)11-15(12-19(16)26)20-23-13-24-25-20/h1-3,5-6,11-13,18H,4,7-10H2,(H,29,30)(H,23,24,25)/t18-/m0/s1. The predicted octanol–water partition coefficient (Wildman–Crippen LogP) is 3.17. The number of aromatic amines is 1. The Hall–Kier alpha value is -3.68. The zero-order valence-electron chi connectivity index (χ0n) is 16.3. The van der Waals surface area contributed by atoms with E-state index in [0.29, 0.717) is 31.8 Å². The zero-order chi connectivity index (χ0) is 20.7. The summed E-state index contributed by atoms with van der Waals surface area (Å²) in [6.45, 7) is 0.942. The lowest BCUT2D eigenvalue weighted by molar-refractivity contribution is -0.122. The summed E-state index contributed by atoms with van der Waals surface area (Å²) >= 11 is 0. The fourth-order valence-corrected chi connectivity index (χ4v) is 4.52. The van der Waals surface area contributed by atoms with Gasteiger partial charge in [0, 0.05) is 24.3 Å². The van der Waals surface area contributed by atoms with E-state index in [4.69, 9.17) is 0 Å². The number of carboxylic acid groups (broad SMARTS) is 1. The van der Waals surface area contributed by atoms with Crippen molar-refractivity contribution in [1.82, 2.24) is 20.1 Å². The second-order valence-corrected chi connectivity index (χ2v) is 7.60. The van der Waals surface area contributed by atoms with Crippen LogP contribution in [0.1, 0.15) is 18.4 Å². The van der Waals surface area contributed by atoms with E-state index < -0.39 is 12.1 Å². The number of likely N-dealkylation sites (tertiary alicyclic amines) is 1. The van der Waals surface area contributed by atoms with Gasteiger partial charge in [-0.2, -0.15) is 5.10 Å². The average Bonchev–Trinajstić information content (AvgIpc) is 3.53. The first-order valence-corrected chi connectivity index (χ1v) is 10.0. The lowest BCUT2D eigenvalue weighted by Gasteiger charge is -2.26. The van der Waals surface area contributed by atoms with E-state index in [0.717, 1.165) is 34.4 Å². The third-order valence-electron chi connectivity index (χ3n) is 5.93. The van der Waals surface area contributed by atoms with Crippen molar-refractivity contribution in [1.29, 1.82) is 0 Å². The number of hydrogen-bond acceptors (Lipinski definition) is 4. The molecule has 2 aliphatic rings. The molecule has 30 heavy (non-hydrogen) atoms. The molecule has 0 unspecified atom stereocenters. The van der Waals surface area contributed by atoms with Gasteiger partial charge in [-0.1, -0.05) is 30.3 Å². The molecule has 3 aromatic rings. The van der Waals surface area contributed by atoms with E-state index in [1.54, 1.807) is 4.90 Å². The Morgan fingerprint density at radius 2 is 1.93 bits per heavy atom. The molecule has 152 valence electrons. The van der Waals surface area contributed by atoms with Crippen molar-refractivity contribution >= 4 is 17.7 Å². The van der Waals surface area contributed by atoms with Crippen LogP contribution in [-0.2, 0) is 11.2 Å². The molecule has 1 atom stereocenters. The summed E-state index contributed by atoms with van der Waals surface area (Å²) in [5.41, 5.74) is 4.88. The van der Waals surface area contributed by atoms with Gasteiger partial charge in [0.1, 0.15) is 12.4 Å². The van der Waals surface area contributed by atoms with E-state index in [1.165, 1.54) is 11.2 Å². The molecule has 2 aliphatic heterocycles. The predicted molar refractivity (Wildman–Crippen MR) is 111 cm³/mol. The number of aromatic nitrogens is 3. The highest BCUT2D eigenvalue weighted by molar-refractivity contribution is 6.02. The molecular weight excluding hydrogens is 382 g/mol.